The highest BCUT2D eigenvalue weighted by molar-refractivity contribution is 5.51. The number of rotatable bonds is 0. The van der Waals surface area contributed by atoms with Gasteiger partial charge in [0, 0.05) is 12.4 Å². The van der Waals surface area contributed by atoms with Gasteiger partial charge in [-0.1, -0.05) is 0 Å². The van der Waals surface area contributed by atoms with E-state index in [9.17, 15) is 0 Å². The van der Waals surface area contributed by atoms with Gasteiger partial charge in [-0.2, -0.15) is 0 Å². The van der Waals surface area contributed by atoms with Gasteiger partial charge in [0.05, 0.1) is 0 Å². The summed E-state index contributed by atoms with van der Waals surface area (Å²) in [6.07, 6.45) is 2.97. The van der Waals surface area contributed by atoms with Crippen molar-refractivity contribution in [2.24, 2.45) is 5.10 Å². The summed E-state index contributed by atoms with van der Waals surface area (Å²) in [5.41, 5.74) is 2.77. The molecule has 6 heavy (non-hydrogen) atoms. The van der Waals surface area contributed by atoms with E-state index in [1.807, 2.05) is 6.08 Å². The van der Waals surface area contributed by atoms with Crippen LogP contribution in [-0.4, -0.2) is 12.4 Å². The van der Waals surface area contributed by atoms with Crippen LogP contribution in [0.3, 0.4) is 0 Å². The van der Waals surface area contributed by atoms with Crippen LogP contribution in [0.4, 0.5) is 0 Å². The van der Waals surface area contributed by atoms with Crippen LogP contribution in [0.2, 0.25) is 0 Å². The van der Waals surface area contributed by atoms with E-state index in [0.717, 1.165) is 13.0 Å². The zero-order chi connectivity index (χ0) is 4.24. The maximum atomic E-state index is 3.62. The van der Waals surface area contributed by atoms with Gasteiger partial charge in [-0.15, -0.1) is 5.10 Å². The van der Waals surface area contributed by atoms with Crippen molar-refractivity contribution in [2.75, 3.05) is 6.54 Å². The highest BCUT2D eigenvalue weighted by Crippen LogP contribution is 1.77. The van der Waals surface area contributed by atoms with Crippen molar-refractivity contribution in [2.45, 2.75) is 6.42 Å². The van der Waals surface area contributed by atoms with E-state index < -0.39 is 0 Å². The van der Waals surface area contributed by atoms with E-state index in [0.29, 0.717) is 0 Å². The van der Waals surface area contributed by atoms with Crippen LogP contribution in [0.15, 0.2) is 11.2 Å². The van der Waals surface area contributed by atoms with E-state index in [4.69, 9.17) is 0 Å². The average Bonchev–Trinajstić information content (AvgIpc) is 1.72. The molecule has 2 nitrogen and oxygen atoms in total. The summed E-state index contributed by atoms with van der Waals surface area (Å²) >= 11 is 0. The normalized spacial score (nSPS) is 17.3. The molecule has 0 saturated carbocycles. The van der Waals surface area contributed by atoms with Crippen molar-refractivity contribution in [3.63, 3.8) is 0 Å². The molecule has 0 aromatic heterocycles. The molecule has 0 saturated heterocycles. The molecule has 0 aliphatic carbocycles. The molecule has 1 N–H and O–H groups in total. The van der Waals surface area contributed by atoms with E-state index in [-0.39, 0.29) is 0 Å². The third-order valence-corrected chi connectivity index (χ3v) is 0.635. The molecule has 0 spiro atoms. The molecule has 1 aliphatic rings. The van der Waals surface area contributed by atoms with Gasteiger partial charge in [0.1, 0.15) is 0 Å². The molecule has 0 bridgehead atoms. The van der Waals surface area contributed by atoms with E-state index >= 15 is 0 Å². The molecule has 0 atom stereocenters. The Morgan fingerprint density at radius 1 is 1.83 bits per heavy atom. The SMILES string of the molecule is C1=CCCNN=1. The fourth-order valence-corrected chi connectivity index (χ4v) is 0.348. The van der Waals surface area contributed by atoms with Crippen LogP contribution < -0.4 is 5.43 Å². The summed E-state index contributed by atoms with van der Waals surface area (Å²) in [7, 11) is 0. The van der Waals surface area contributed by atoms with Gasteiger partial charge in [-0.05, 0) is 12.5 Å². The number of nitrogens with one attached hydrogen (secondary N) is 1. The first kappa shape index (κ1) is 3.44. The summed E-state index contributed by atoms with van der Waals surface area (Å²) in [4.78, 5) is 0. The smallest absolute Gasteiger partial charge is 0.0378 e. The van der Waals surface area contributed by atoms with Gasteiger partial charge >= 0.3 is 0 Å². The van der Waals surface area contributed by atoms with Crippen LogP contribution in [-0.2, 0) is 0 Å². The Kier molecular flexibility index (Phi) is 0.934. The Hall–Kier alpha value is -0.750. The molecule has 2 heteroatoms. The van der Waals surface area contributed by atoms with Crippen molar-refractivity contribution in [1.82, 2.24) is 5.43 Å². The van der Waals surface area contributed by atoms with Gasteiger partial charge in [-0.25, -0.2) is 0 Å². The van der Waals surface area contributed by atoms with Gasteiger partial charge in [-0.3, -0.25) is 0 Å². The summed E-state index contributed by atoms with van der Waals surface area (Å²) < 4.78 is 0. The van der Waals surface area contributed by atoms with Gasteiger partial charge in [0.15, 0.2) is 0 Å². The van der Waals surface area contributed by atoms with E-state index in [1.165, 1.54) is 0 Å². The third kappa shape index (κ3) is 0.597. The second kappa shape index (κ2) is 1.63. The van der Waals surface area contributed by atoms with Crippen LogP contribution in [0.25, 0.3) is 0 Å². The maximum Gasteiger partial charge on any atom is 0.0378 e. The molecule has 32 valence electrons. The van der Waals surface area contributed by atoms with Gasteiger partial charge in [0.2, 0.25) is 0 Å². The highest BCUT2D eigenvalue weighted by atomic mass is 15.3. The number of hydrogen-bond acceptors (Lipinski definition) is 2. The quantitative estimate of drug-likeness (QED) is 0.441. The first-order valence-electron chi connectivity index (χ1n) is 2.00. The molecule has 0 unspecified atom stereocenters. The van der Waals surface area contributed by atoms with Crippen molar-refractivity contribution < 1.29 is 0 Å². The molecule has 1 aliphatic heterocycles. The molecular formula is C4H6N2. The summed E-state index contributed by atoms with van der Waals surface area (Å²) in [5, 5.41) is 3.62. The number of hydrogen-bond donors (Lipinski definition) is 1. The minimum absolute atomic E-state index is 0.965. The fourth-order valence-electron chi connectivity index (χ4n) is 0.348. The van der Waals surface area contributed by atoms with Crippen molar-refractivity contribution in [3.05, 3.63) is 6.08 Å². The zero-order valence-corrected chi connectivity index (χ0v) is 3.44. The van der Waals surface area contributed by atoms with E-state index in [1.54, 1.807) is 0 Å². The molecule has 0 radical (unpaired) electrons. The Morgan fingerprint density at radius 3 is 3.00 bits per heavy atom. The lowest BCUT2D eigenvalue weighted by Crippen LogP contribution is -2.08. The summed E-state index contributed by atoms with van der Waals surface area (Å²) in [6.45, 7) is 0.965. The second-order valence-corrected chi connectivity index (χ2v) is 1.14. The second-order valence-electron chi connectivity index (χ2n) is 1.14. The summed E-state index contributed by atoms with van der Waals surface area (Å²) in [5.74, 6) is 2.67. The predicted octanol–water partition coefficient (Wildman–Crippen LogP) is 0.121. The van der Waals surface area contributed by atoms with Crippen LogP contribution in [0.1, 0.15) is 6.42 Å². The van der Waals surface area contributed by atoms with Gasteiger partial charge < -0.3 is 5.43 Å². The fraction of sp³-hybridized carbons (Fsp3) is 0.500. The number of nitrogens with zero attached hydrogens (tertiary/aromatic N) is 1. The third-order valence-electron chi connectivity index (χ3n) is 0.635. The molecule has 1 heterocycles. The van der Waals surface area contributed by atoms with Crippen LogP contribution in [0.5, 0.6) is 0 Å². The molecule has 0 aromatic rings. The molecule has 0 fully saturated rings. The Morgan fingerprint density at radius 2 is 2.83 bits per heavy atom. The largest absolute Gasteiger partial charge is 0.302 e. The van der Waals surface area contributed by atoms with Crippen molar-refractivity contribution in [1.29, 1.82) is 0 Å². The van der Waals surface area contributed by atoms with E-state index in [2.05, 4.69) is 16.4 Å². The lowest BCUT2D eigenvalue weighted by Gasteiger charge is -1.94. The average molecular weight is 82.1 g/mol. The predicted molar refractivity (Wildman–Crippen MR) is 24.6 cm³/mol. The van der Waals surface area contributed by atoms with Crippen molar-refractivity contribution in [3.8, 4) is 0 Å². The first-order valence-corrected chi connectivity index (χ1v) is 2.00. The minimum Gasteiger partial charge on any atom is -0.302 e. The minimum atomic E-state index is 0.965. The van der Waals surface area contributed by atoms with Crippen LogP contribution in [0, 0.1) is 0 Å². The molecule has 1 rings (SSSR count). The topological polar surface area (TPSA) is 24.4 Å². The molecule has 0 amide bonds. The van der Waals surface area contributed by atoms with Crippen LogP contribution >= 0.6 is 0 Å². The first-order chi connectivity index (χ1) is 3.00. The van der Waals surface area contributed by atoms with Gasteiger partial charge in [0.25, 0.3) is 0 Å². The molecular weight excluding hydrogens is 76.1 g/mol. The highest BCUT2D eigenvalue weighted by Gasteiger charge is 1.79. The zero-order valence-electron chi connectivity index (χ0n) is 3.44. The monoisotopic (exact) mass is 82.1 g/mol. The Balaban J connectivity index is 2.53. The number of hydrazone groups is 1. The lowest BCUT2D eigenvalue weighted by molar-refractivity contribution is 0.736. The standard InChI is InChI=1S/C4H6N2/c1-2-4-6-5-3-1/h1,6H,2,4H2. The Labute approximate surface area is 36.6 Å². The maximum absolute atomic E-state index is 3.62. The van der Waals surface area contributed by atoms with Crippen molar-refractivity contribution >= 4 is 5.87 Å². The lowest BCUT2D eigenvalue weighted by atomic mass is 10.4. The summed E-state index contributed by atoms with van der Waals surface area (Å²) in [6, 6.07) is 0. The molecule has 0 aromatic carbocycles. The Bertz CT molecular complexity index is 81.7.